The Balaban J connectivity index is 1.47. The van der Waals surface area contributed by atoms with Gasteiger partial charge in [0.1, 0.15) is 5.75 Å². The summed E-state index contributed by atoms with van der Waals surface area (Å²) >= 11 is 6.33. The highest BCUT2D eigenvalue weighted by atomic mass is 35.5. The fourth-order valence-electron chi connectivity index (χ4n) is 6.89. The Morgan fingerprint density at radius 1 is 1.26 bits per heavy atom. The van der Waals surface area contributed by atoms with E-state index in [1.807, 2.05) is 12.1 Å². The Hall–Kier alpha value is -2.81. The van der Waals surface area contributed by atoms with Gasteiger partial charge in [-0.1, -0.05) is 36.7 Å². The molecule has 5 rings (SSSR count). The smallest absolute Gasteiger partial charge is 0.264 e. The molecule has 0 aromatic heterocycles. The van der Waals surface area contributed by atoms with Crippen LogP contribution in [0.3, 0.4) is 0 Å². The quantitative estimate of drug-likeness (QED) is 0.311. The molecule has 9 heteroatoms. The SMILES string of the molecule is C=CCC[C@@H](CC)S(=O)(=O)NC(=O)c1ccc2c(c1)N(C[C@@H]1CC[C@H]1[C@@H](O)C=C)C[C@@]1(CCc3cc(Cl)ccc31)CO2. The number of carbonyl (C=O) groups is 1. The van der Waals surface area contributed by atoms with Gasteiger partial charge in [-0.25, -0.2) is 13.1 Å². The fraction of sp³-hybridized carbons (Fsp3) is 0.485. The van der Waals surface area contributed by atoms with Gasteiger partial charge in [-0.05, 0) is 98.2 Å². The predicted octanol–water partition coefficient (Wildman–Crippen LogP) is 5.80. The number of amides is 1. The molecule has 1 amide bonds. The number of anilines is 1. The number of nitrogens with one attached hydrogen (secondary N) is 1. The Morgan fingerprint density at radius 3 is 2.76 bits per heavy atom. The van der Waals surface area contributed by atoms with Crippen molar-refractivity contribution in [3.63, 3.8) is 0 Å². The summed E-state index contributed by atoms with van der Waals surface area (Å²) in [6.45, 7) is 11.1. The molecule has 42 heavy (non-hydrogen) atoms. The van der Waals surface area contributed by atoms with Crippen LogP contribution in [0.4, 0.5) is 5.69 Å². The summed E-state index contributed by atoms with van der Waals surface area (Å²) in [5, 5.41) is 10.6. The van der Waals surface area contributed by atoms with Crippen molar-refractivity contribution in [1.29, 1.82) is 0 Å². The van der Waals surface area contributed by atoms with E-state index in [0.29, 0.717) is 44.7 Å². The summed E-state index contributed by atoms with van der Waals surface area (Å²) in [7, 11) is -3.86. The molecular weight excluding hydrogens is 572 g/mol. The summed E-state index contributed by atoms with van der Waals surface area (Å²) in [6, 6.07) is 11.2. The van der Waals surface area contributed by atoms with Crippen LogP contribution in [0.5, 0.6) is 5.75 Å². The van der Waals surface area contributed by atoms with Gasteiger partial charge in [0.15, 0.2) is 0 Å². The molecule has 2 aliphatic carbocycles. The number of benzene rings is 2. The van der Waals surface area contributed by atoms with Crippen LogP contribution in [0.25, 0.3) is 0 Å². The first-order chi connectivity index (χ1) is 20.1. The average Bonchev–Trinajstić information content (AvgIpc) is 3.21. The van der Waals surface area contributed by atoms with Crippen molar-refractivity contribution in [2.45, 2.75) is 68.6 Å². The predicted molar refractivity (Wildman–Crippen MR) is 168 cm³/mol. The number of fused-ring (bicyclic) bond motifs is 3. The van der Waals surface area contributed by atoms with Crippen LogP contribution in [0.15, 0.2) is 61.7 Å². The number of rotatable bonds is 11. The minimum Gasteiger partial charge on any atom is -0.490 e. The van der Waals surface area contributed by atoms with Gasteiger partial charge in [-0.2, -0.15) is 0 Å². The average molecular weight is 613 g/mol. The highest BCUT2D eigenvalue weighted by molar-refractivity contribution is 7.90. The summed E-state index contributed by atoms with van der Waals surface area (Å²) < 4.78 is 34.9. The van der Waals surface area contributed by atoms with E-state index in [9.17, 15) is 18.3 Å². The van der Waals surface area contributed by atoms with Gasteiger partial charge in [-0.3, -0.25) is 4.79 Å². The summed E-state index contributed by atoms with van der Waals surface area (Å²) in [5.74, 6) is 0.378. The molecule has 0 saturated heterocycles. The minimum absolute atomic E-state index is 0.124. The molecule has 0 radical (unpaired) electrons. The molecule has 0 bridgehead atoms. The highest BCUT2D eigenvalue weighted by Crippen LogP contribution is 2.47. The number of aryl methyl sites for hydroxylation is 1. The van der Waals surface area contributed by atoms with Crippen LogP contribution >= 0.6 is 11.6 Å². The van der Waals surface area contributed by atoms with Crippen molar-refractivity contribution in [2.75, 3.05) is 24.6 Å². The number of ether oxygens (including phenoxy) is 1. The lowest BCUT2D eigenvalue weighted by Gasteiger charge is -2.43. The summed E-state index contributed by atoms with van der Waals surface area (Å²) in [6.07, 6.45) is 7.82. The van der Waals surface area contributed by atoms with Gasteiger partial charge in [0, 0.05) is 29.1 Å². The van der Waals surface area contributed by atoms with Gasteiger partial charge in [0.2, 0.25) is 10.0 Å². The lowest BCUT2D eigenvalue weighted by atomic mass is 9.70. The molecule has 2 N–H and O–H groups in total. The Bertz CT molecular complexity index is 1460. The third-order valence-corrected chi connectivity index (χ3v) is 11.7. The molecule has 1 saturated carbocycles. The van der Waals surface area contributed by atoms with Crippen molar-refractivity contribution in [1.82, 2.24) is 4.72 Å². The van der Waals surface area contributed by atoms with Crippen molar-refractivity contribution in [3.8, 4) is 5.75 Å². The Labute approximate surface area is 254 Å². The standard InChI is InChI=1S/C33H41ClN2O5S/c1-4-7-8-26(5-2)42(39,40)35-32(38)23-10-14-31-29(18-23)36(19-24-9-12-27(24)30(37)6-3)20-33(21-41-31)16-15-22-17-25(34)11-13-28(22)33/h4,6,10-11,13-14,17-18,24,26-27,30,37H,1,3,5,7-9,12,15-16,19-21H2,2H3,(H,35,38)/t24-,26+,27+,30-,33-/m0/s1. The van der Waals surface area contributed by atoms with E-state index in [4.69, 9.17) is 16.3 Å². The van der Waals surface area contributed by atoms with E-state index in [2.05, 4.69) is 28.8 Å². The monoisotopic (exact) mass is 612 g/mol. The first-order valence-electron chi connectivity index (χ1n) is 14.9. The number of hydrogen-bond donors (Lipinski definition) is 2. The van der Waals surface area contributed by atoms with Gasteiger partial charge < -0.3 is 14.7 Å². The maximum Gasteiger partial charge on any atom is 0.264 e. The highest BCUT2D eigenvalue weighted by Gasteiger charge is 2.45. The van der Waals surface area contributed by atoms with Crippen LogP contribution in [-0.2, 0) is 21.9 Å². The molecule has 1 heterocycles. The second kappa shape index (κ2) is 12.4. The van der Waals surface area contributed by atoms with E-state index < -0.39 is 27.3 Å². The number of halogens is 1. The molecule has 0 unspecified atom stereocenters. The summed E-state index contributed by atoms with van der Waals surface area (Å²) in [5.41, 5.74) is 3.22. The second-order valence-electron chi connectivity index (χ2n) is 12.0. The van der Waals surface area contributed by atoms with Crippen LogP contribution in [-0.4, -0.2) is 50.5 Å². The van der Waals surface area contributed by atoms with Crippen LogP contribution in [0, 0.1) is 11.8 Å². The largest absolute Gasteiger partial charge is 0.490 e. The topological polar surface area (TPSA) is 95.9 Å². The van der Waals surface area contributed by atoms with E-state index in [1.54, 1.807) is 37.3 Å². The molecule has 7 nitrogen and oxygen atoms in total. The fourth-order valence-corrected chi connectivity index (χ4v) is 8.52. The molecule has 226 valence electrons. The number of nitrogens with zero attached hydrogens (tertiary/aromatic N) is 1. The minimum atomic E-state index is -3.86. The Morgan fingerprint density at radius 2 is 2.07 bits per heavy atom. The lowest BCUT2D eigenvalue weighted by Crippen LogP contribution is -2.47. The second-order valence-corrected chi connectivity index (χ2v) is 14.4. The van der Waals surface area contributed by atoms with Gasteiger partial charge in [0.05, 0.1) is 23.6 Å². The van der Waals surface area contributed by atoms with Crippen LogP contribution < -0.4 is 14.4 Å². The Kier molecular flexibility index (Phi) is 9.07. The number of sulfonamides is 1. The number of hydrogen-bond acceptors (Lipinski definition) is 6. The van der Waals surface area contributed by atoms with Crippen LogP contribution in [0.2, 0.25) is 5.02 Å². The molecule has 5 atom stereocenters. The van der Waals surface area contributed by atoms with Crippen molar-refractivity contribution < 1.29 is 23.1 Å². The first-order valence-corrected chi connectivity index (χ1v) is 16.8. The van der Waals surface area contributed by atoms with E-state index in [0.717, 1.165) is 36.4 Å². The molecule has 1 aliphatic heterocycles. The molecule has 2 aromatic carbocycles. The molecule has 3 aliphatic rings. The maximum absolute atomic E-state index is 13.3. The van der Waals surface area contributed by atoms with Crippen molar-refractivity contribution >= 4 is 33.2 Å². The maximum atomic E-state index is 13.3. The number of aliphatic hydroxyl groups is 1. The molecule has 1 fully saturated rings. The molecule has 2 aromatic rings. The van der Waals surface area contributed by atoms with Crippen molar-refractivity contribution in [2.24, 2.45) is 11.8 Å². The van der Waals surface area contributed by atoms with Crippen LogP contribution in [0.1, 0.15) is 66.9 Å². The molecule has 1 spiro atoms. The van der Waals surface area contributed by atoms with Gasteiger partial charge in [-0.15, -0.1) is 13.2 Å². The van der Waals surface area contributed by atoms with E-state index >= 15 is 0 Å². The van der Waals surface area contributed by atoms with E-state index in [1.165, 1.54) is 11.1 Å². The zero-order valence-electron chi connectivity index (χ0n) is 24.2. The third-order valence-electron chi connectivity index (χ3n) is 9.50. The normalized spacial score (nSPS) is 24.4. The molecular formula is C33H41ClN2O5S. The van der Waals surface area contributed by atoms with E-state index in [-0.39, 0.29) is 22.8 Å². The lowest BCUT2D eigenvalue weighted by molar-refractivity contribution is 0.0461. The first kappa shape index (κ1) is 30.6. The summed E-state index contributed by atoms with van der Waals surface area (Å²) in [4.78, 5) is 15.6. The third kappa shape index (κ3) is 5.99. The number of carbonyl (C=O) groups excluding carboxylic acids is 1. The van der Waals surface area contributed by atoms with Gasteiger partial charge in [0.25, 0.3) is 5.91 Å². The van der Waals surface area contributed by atoms with Gasteiger partial charge >= 0.3 is 0 Å². The zero-order chi connectivity index (χ0) is 30.1. The zero-order valence-corrected chi connectivity index (χ0v) is 25.8. The number of allylic oxidation sites excluding steroid dienone is 1. The van der Waals surface area contributed by atoms with Crippen molar-refractivity contribution in [3.05, 3.63) is 83.4 Å². The number of aliphatic hydroxyl groups excluding tert-OH is 1.